The Balaban J connectivity index is 0.00000235. The number of nitrogens with zero attached hydrogens (tertiary/aromatic N) is 3. The van der Waals surface area contributed by atoms with Gasteiger partial charge in [-0.25, -0.2) is 4.79 Å². The largest absolute Gasteiger partial charge is 0.445 e. The molecule has 5 N–H and O–H groups in total. The molecule has 1 aliphatic rings. The molecule has 1 fully saturated rings. The van der Waals surface area contributed by atoms with E-state index in [9.17, 15) is 19.8 Å². The van der Waals surface area contributed by atoms with Crippen LogP contribution in [0.1, 0.15) is 44.7 Å². The molecule has 0 unspecified atom stereocenters. The lowest BCUT2D eigenvalue weighted by Gasteiger charge is -2.45. The number of nitrogens with two attached hydrogens (primary N) is 1. The normalized spacial score (nSPS) is 21.2. The van der Waals surface area contributed by atoms with Crippen molar-refractivity contribution < 1.29 is 24.5 Å². The molecular formula is C27H37N5O5. The van der Waals surface area contributed by atoms with Crippen molar-refractivity contribution in [3.63, 3.8) is 0 Å². The second-order valence-corrected chi connectivity index (χ2v) is 10.3. The summed E-state index contributed by atoms with van der Waals surface area (Å²) in [4.78, 5) is 27.3. The number of aliphatic hydroxyl groups excluding tert-OH is 2. The van der Waals surface area contributed by atoms with Gasteiger partial charge in [-0.05, 0) is 38.3 Å². The standard InChI is InChI=1S/C27H37N3O5.N2/c1-26(2,3)30-17-21(31)15-27(30,24(28)33)16-23(32)22(14-19-10-6-4-7-11-19)29-25(34)35-18-20-12-8-5-9-13-20;1-2/h4-13,21-23,31-32H,14-18H2,1-3H3,(H2,28,33)(H,29,34);/t21-,22+,23-,27-;/m1./s1. The van der Waals surface area contributed by atoms with Crippen LogP contribution in [0.5, 0.6) is 0 Å². The number of amides is 2. The van der Waals surface area contributed by atoms with Crippen LogP contribution in [0.25, 0.3) is 0 Å². The number of primary amides is 1. The van der Waals surface area contributed by atoms with E-state index in [-0.39, 0.29) is 26.0 Å². The SMILES string of the molecule is CC(C)(C)N1C[C@H](O)C[C@@]1(C[C@@H](O)[C@H](Cc1ccccc1)NC(=O)OCc1ccccc1)C(N)=O.N#N. The Labute approximate surface area is 217 Å². The summed E-state index contributed by atoms with van der Waals surface area (Å²) in [7, 11) is 0. The Hall–Kier alpha value is -3.52. The van der Waals surface area contributed by atoms with Gasteiger partial charge >= 0.3 is 6.09 Å². The number of carbonyl (C=O) groups excluding carboxylic acids is 2. The minimum absolute atomic E-state index is 0.0346. The second kappa shape index (κ2) is 13.1. The summed E-state index contributed by atoms with van der Waals surface area (Å²) in [5, 5.41) is 36.6. The molecule has 200 valence electrons. The van der Waals surface area contributed by atoms with Gasteiger partial charge in [-0.1, -0.05) is 60.7 Å². The number of aliphatic hydroxyl groups is 2. The van der Waals surface area contributed by atoms with Crippen LogP contribution in [-0.2, 0) is 22.6 Å². The van der Waals surface area contributed by atoms with Crippen LogP contribution in [0, 0.1) is 10.8 Å². The molecule has 1 aliphatic heterocycles. The Bertz CT molecular complexity index is 1030. The van der Waals surface area contributed by atoms with E-state index in [1.165, 1.54) is 0 Å². The van der Waals surface area contributed by atoms with Gasteiger partial charge < -0.3 is 26.0 Å². The van der Waals surface area contributed by atoms with Crippen molar-refractivity contribution in [3.8, 4) is 0 Å². The van der Waals surface area contributed by atoms with Crippen LogP contribution in [0.4, 0.5) is 4.79 Å². The Morgan fingerprint density at radius 2 is 1.65 bits per heavy atom. The molecule has 37 heavy (non-hydrogen) atoms. The van der Waals surface area contributed by atoms with E-state index in [1.807, 2.05) is 86.3 Å². The number of hydrogen-bond acceptors (Lipinski definition) is 8. The number of carbonyl (C=O) groups is 2. The molecular weight excluding hydrogens is 474 g/mol. The first-order valence-corrected chi connectivity index (χ1v) is 12.2. The van der Waals surface area contributed by atoms with Crippen LogP contribution in [0.2, 0.25) is 0 Å². The first kappa shape index (κ1) is 29.7. The first-order valence-electron chi connectivity index (χ1n) is 12.2. The number of benzene rings is 2. The molecule has 1 heterocycles. The molecule has 0 aliphatic carbocycles. The summed E-state index contributed by atoms with van der Waals surface area (Å²) in [6.07, 6.45) is -2.12. The number of β-amino-alcohol motifs (C(OH)–C–C–N with tert-alkyl or cyclic N) is 1. The van der Waals surface area contributed by atoms with Crippen molar-refractivity contribution in [2.24, 2.45) is 5.73 Å². The minimum Gasteiger partial charge on any atom is -0.445 e. The van der Waals surface area contributed by atoms with Gasteiger partial charge in [-0.2, -0.15) is 0 Å². The monoisotopic (exact) mass is 511 g/mol. The number of rotatable bonds is 9. The van der Waals surface area contributed by atoms with Crippen LogP contribution in [-0.4, -0.2) is 63.0 Å². The van der Waals surface area contributed by atoms with Gasteiger partial charge in [0, 0.05) is 35.7 Å². The summed E-state index contributed by atoms with van der Waals surface area (Å²) in [5.41, 5.74) is 5.92. The van der Waals surface area contributed by atoms with Gasteiger partial charge in [-0.3, -0.25) is 9.69 Å². The molecule has 1 saturated heterocycles. The van der Waals surface area contributed by atoms with Crippen LogP contribution >= 0.6 is 0 Å². The molecule has 2 amide bonds. The van der Waals surface area contributed by atoms with Crippen molar-refractivity contribution in [2.75, 3.05) is 6.54 Å². The Morgan fingerprint density at radius 3 is 2.16 bits per heavy atom. The average molecular weight is 512 g/mol. The molecule has 0 spiro atoms. The first-order chi connectivity index (χ1) is 17.5. The smallest absolute Gasteiger partial charge is 0.407 e. The van der Waals surface area contributed by atoms with Crippen LogP contribution < -0.4 is 11.1 Å². The summed E-state index contributed by atoms with van der Waals surface area (Å²) in [6, 6.07) is 18.0. The maximum absolute atomic E-state index is 12.8. The number of alkyl carbamates (subject to hydrolysis) is 1. The van der Waals surface area contributed by atoms with E-state index >= 15 is 0 Å². The highest BCUT2D eigenvalue weighted by Crippen LogP contribution is 2.39. The maximum atomic E-state index is 12.8. The van der Waals surface area contributed by atoms with Gasteiger partial charge in [0.1, 0.15) is 12.1 Å². The topological polar surface area (TPSA) is 173 Å². The van der Waals surface area contributed by atoms with Crippen molar-refractivity contribution in [3.05, 3.63) is 71.8 Å². The lowest BCUT2D eigenvalue weighted by atomic mass is 9.82. The van der Waals surface area contributed by atoms with Crippen molar-refractivity contribution >= 4 is 12.0 Å². The van der Waals surface area contributed by atoms with Crippen LogP contribution in [0.15, 0.2) is 60.7 Å². The molecule has 0 bridgehead atoms. The molecule has 10 nitrogen and oxygen atoms in total. The fraction of sp³-hybridized carbons (Fsp3) is 0.481. The van der Waals surface area contributed by atoms with Gasteiger partial charge in [0.2, 0.25) is 5.91 Å². The average Bonchev–Trinajstić information content (AvgIpc) is 3.22. The third kappa shape index (κ3) is 7.98. The number of nitrogens with one attached hydrogen (secondary N) is 1. The van der Waals surface area contributed by atoms with E-state index in [0.717, 1.165) is 11.1 Å². The lowest BCUT2D eigenvalue weighted by molar-refractivity contribution is -0.134. The number of hydrogen-bond donors (Lipinski definition) is 4. The predicted molar refractivity (Wildman–Crippen MR) is 137 cm³/mol. The summed E-state index contributed by atoms with van der Waals surface area (Å²) in [5.74, 6) is -0.604. The Morgan fingerprint density at radius 1 is 1.11 bits per heavy atom. The van der Waals surface area contributed by atoms with E-state index in [4.69, 9.17) is 21.3 Å². The summed E-state index contributed by atoms with van der Waals surface area (Å²) in [6.45, 7) is 6.19. The highest BCUT2D eigenvalue weighted by Gasteiger charge is 2.54. The summed E-state index contributed by atoms with van der Waals surface area (Å²) < 4.78 is 5.38. The zero-order valence-electron chi connectivity index (χ0n) is 21.6. The molecule has 0 aromatic heterocycles. The third-order valence-corrected chi connectivity index (χ3v) is 6.58. The molecule has 3 rings (SSSR count). The molecule has 2 aromatic rings. The molecule has 0 radical (unpaired) electrons. The summed E-state index contributed by atoms with van der Waals surface area (Å²) >= 11 is 0. The zero-order chi connectivity index (χ0) is 27.6. The lowest BCUT2D eigenvalue weighted by Crippen LogP contribution is -2.62. The quantitative estimate of drug-likeness (QED) is 0.371. The maximum Gasteiger partial charge on any atom is 0.407 e. The Kier molecular flexibility index (Phi) is 10.6. The molecule has 2 aromatic carbocycles. The highest BCUT2D eigenvalue weighted by atomic mass is 16.5. The predicted octanol–water partition coefficient (Wildman–Crippen LogP) is 2.39. The zero-order valence-corrected chi connectivity index (χ0v) is 21.6. The van der Waals surface area contributed by atoms with Gasteiger partial charge in [0.05, 0.1) is 18.2 Å². The minimum atomic E-state index is -1.25. The molecule has 10 heteroatoms. The van der Waals surface area contributed by atoms with Gasteiger partial charge in [0.15, 0.2) is 0 Å². The number of ether oxygens (including phenoxy) is 1. The highest BCUT2D eigenvalue weighted by molar-refractivity contribution is 5.85. The van der Waals surface area contributed by atoms with E-state index in [0.29, 0.717) is 6.42 Å². The van der Waals surface area contributed by atoms with Crippen molar-refractivity contribution in [1.29, 1.82) is 10.8 Å². The fourth-order valence-electron chi connectivity index (χ4n) is 4.95. The van der Waals surface area contributed by atoms with E-state index < -0.39 is 41.3 Å². The van der Waals surface area contributed by atoms with Gasteiger partial charge in [0.25, 0.3) is 0 Å². The van der Waals surface area contributed by atoms with Crippen molar-refractivity contribution in [2.45, 2.75) is 76.0 Å². The third-order valence-electron chi connectivity index (χ3n) is 6.58. The molecule has 4 atom stereocenters. The molecule has 0 saturated carbocycles. The van der Waals surface area contributed by atoms with E-state index in [2.05, 4.69) is 5.32 Å². The second-order valence-electron chi connectivity index (χ2n) is 10.3. The van der Waals surface area contributed by atoms with E-state index in [1.54, 1.807) is 0 Å². The van der Waals surface area contributed by atoms with Crippen molar-refractivity contribution in [1.82, 2.24) is 10.2 Å². The number of likely N-dealkylation sites (tertiary alicyclic amines) is 1. The van der Waals surface area contributed by atoms with Gasteiger partial charge in [-0.15, -0.1) is 0 Å². The van der Waals surface area contributed by atoms with Crippen LogP contribution in [0.3, 0.4) is 0 Å². The fourth-order valence-corrected chi connectivity index (χ4v) is 4.95.